The molecule has 11 nitrogen and oxygen atoms in total. The maximum absolute atomic E-state index is 14.8. The number of ether oxygens (including phenoxy) is 3. The molecule has 3 aromatic rings. The summed E-state index contributed by atoms with van der Waals surface area (Å²) in [5.41, 5.74) is 4.66. The molecule has 0 spiro atoms. The molecule has 0 radical (unpaired) electrons. The number of amides is 2. The number of nitrogens with one attached hydrogen (secondary N) is 1. The summed E-state index contributed by atoms with van der Waals surface area (Å²) in [6.07, 6.45) is 9.14. The molecule has 2 bridgehead atoms. The van der Waals surface area contributed by atoms with E-state index >= 15 is 0 Å². The number of aryl methyl sites for hydroxylation is 2. The van der Waals surface area contributed by atoms with Gasteiger partial charge in [0.1, 0.15) is 15.7 Å². The first kappa shape index (κ1) is 41.0. The second kappa shape index (κ2) is 18.1. The largest absolute Gasteiger partial charge is 0.491 e. The van der Waals surface area contributed by atoms with Crippen LogP contribution in [0.3, 0.4) is 0 Å². The Kier molecular flexibility index (Phi) is 13.5. The van der Waals surface area contributed by atoms with Crippen LogP contribution in [0.4, 0.5) is 5.69 Å². The van der Waals surface area contributed by atoms with Crippen molar-refractivity contribution >= 4 is 39.0 Å². The molecule has 1 fully saturated rings. The van der Waals surface area contributed by atoms with E-state index in [1.54, 1.807) is 38.6 Å². The van der Waals surface area contributed by atoms with Crippen molar-refractivity contribution in [2.75, 3.05) is 51.1 Å². The first-order valence-corrected chi connectivity index (χ1v) is 21.4. The predicted octanol–water partition coefficient (Wildman–Crippen LogP) is 7.07. The number of aromatic nitrogens is 1. The Labute approximate surface area is 331 Å². The first-order valence-electron chi connectivity index (χ1n) is 19.3. The van der Waals surface area contributed by atoms with E-state index in [0.717, 1.165) is 49.3 Å². The van der Waals surface area contributed by atoms with Gasteiger partial charge in [0.25, 0.3) is 11.8 Å². The number of fused-ring (bicyclic) bond motifs is 2. The number of anilines is 1. The van der Waals surface area contributed by atoms with E-state index in [0.29, 0.717) is 49.0 Å². The van der Waals surface area contributed by atoms with Gasteiger partial charge in [0, 0.05) is 76.5 Å². The Balaban J connectivity index is 1.38. The number of allylic oxidation sites excluding steroid dienone is 1. The zero-order valence-corrected chi connectivity index (χ0v) is 34.5. The molecule has 3 aliphatic rings. The first-order chi connectivity index (χ1) is 26.3. The van der Waals surface area contributed by atoms with Gasteiger partial charge < -0.3 is 23.7 Å². The molecule has 4 heterocycles. The van der Waals surface area contributed by atoms with Crippen LogP contribution in [-0.4, -0.2) is 83.9 Å². The fourth-order valence-corrected chi connectivity index (χ4v) is 9.76. The second-order valence-electron chi connectivity index (χ2n) is 15.6. The summed E-state index contributed by atoms with van der Waals surface area (Å²) in [6, 6.07) is 13.1. The summed E-state index contributed by atoms with van der Waals surface area (Å²) in [7, 11) is 1.75. The van der Waals surface area contributed by atoms with Gasteiger partial charge in [-0.3, -0.25) is 19.2 Å². The van der Waals surface area contributed by atoms with Gasteiger partial charge >= 0.3 is 0 Å². The molecule has 3 aliphatic heterocycles. The maximum Gasteiger partial charge on any atom is 0.286 e. The van der Waals surface area contributed by atoms with Crippen LogP contribution in [0.1, 0.15) is 77.6 Å². The summed E-state index contributed by atoms with van der Waals surface area (Å²) in [6.45, 7) is 10.4. The highest BCUT2D eigenvalue weighted by molar-refractivity contribution is 7.92. The van der Waals surface area contributed by atoms with Crippen molar-refractivity contribution in [3.05, 3.63) is 93.8 Å². The third-order valence-corrected chi connectivity index (χ3v) is 13.5. The smallest absolute Gasteiger partial charge is 0.286 e. The summed E-state index contributed by atoms with van der Waals surface area (Å²) in [5, 5.41) is 0.703. The molecule has 1 saturated heterocycles. The average Bonchev–Trinajstić information content (AvgIpc) is 3.49. The van der Waals surface area contributed by atoms with Gasteiger partial charge in [-0.15, -0.1) is 4.36 Å². The molecule has 298 valence electrons. The lowest BCUT2D eigenvalue weighted by atomic mass is 9.89. The minimum atomic E-state index is -3.57. The zero-order chi connectivity index (χ0) is 39.3. The number of hydrogen-bond acceptors (Lipinski definition) is 8. The van der Waals surface area contributed by atoms with Gasteiger partial charge in [-0.1, -0.05) is 50.6 Å². The minimum Gasteiger partial charge on any atom is -0.491 e. The fourth-order valence-electron chi connectivity index (χ4n) is 7.67. The van der Waals surface area contributed by atoms with Crippen molar-refractivity contribution in [3.8, 4) is 5.75 Å². The molecular weight excluding hydrogens is 738 g/mol. The van der Waals surface area contributed by atoms with Gasteiger partial charge in [0.15, 0.2) is 0 Å². The molecule has 5 atom stereocenters. The van der Waals surface area contributed by atoms with Crippen LogP contribution in [0.25, 0.3) is 0 Å². The van der Waals surface area contributed by atoms with Crippen molar-refractivity contribution < 1.29 is 28.0 Å². The van der Waals surface area contributed by atoms with Crippen LogP contribution in [-0.2, 0) is 45.9 Å². The number of carbonyl (C=O) groups excluding carboxylic acids is 2. The number of hydrogen-bond donors (Lipinski definition) is 1. The molecule has 55 heavy (non-hydrogen) atoms. The molecule has 1 aromatic heterocycles. The number of nitrogens with zero attached hydrogens (tertiary/aromatic N) is 4. The van der Waals surface area contributed by atoms with Crippen molar-refractivity contribution in [2.24, 2.45) is 29.2 Å². The van der Waals surface area contributed by atoms with Crippen LogP contribution >= 0.6 is 11.6 Å². The molecule has 0 saturated carbocycles. The van der Waals surface area contributed by atoms with Crippen molar-refractivity contribution in [1.82, 2.24) is 14.2 Å². The summed E-state index contributed by atoms with van der Waals surface area (Å²) < 4.78 is 41.5. The van der Waals surface area contributed by atoms with Crippen molar-refractivity contribution in [1.29, 1.82) is 0 Å². The van der Waals surface area contributed by atoms with Crippen LogP contribution < -0.4 is 14.4 Å². The van der Waals surface area contributed by atoms with Crippen molar-refractivity contribution in [2.45, 2.75) is 71.8 Å². The number of methoxy groups -OCH3 is 2. The second-order valence-corrected chi connectivity index (χ2v) is 18.0. The van der Waals surface area contributed by atoms with Crippen LogP contribution in [0.15, 0.2) is 65.2 Å². The lowest BCUT2D eigenvalue weighted by Crippen LogP contribution is -2.51. The van der Waals surface area contributed by atoms with Gasteiger partial charge in [0.2, 0.25) is 0 Å². The van der Waals surface area contributed by atoms with Gasteiger partial charge in [0.05, 0.1) is 35.8 Å². The SMILES string of the molecule is COC1CN(Cc2cc(C(=O)NS3(=O)=NC(=O)c4ccc5c(c4)N(Cc4ccc(Cl)cc4CCCCO5)C[C@H](C)[C@@H](C)[C@@H](OC)/C=C/C[C@H](C)C3)cn2C)C1. The molecule has 0 aliphatic carbocycles. The van der Waals surface area contributed by atoms with E-state index < -0.39 is 21.7 Å². The van der Waals surface area contributed by atoms with E-state index in [1.165, 1.54) is 5.56 Å². The maximum atomic E-state index is 14.8. The Morgan fingerprint density at radius 2 is 1.84 bits per heavy atom. The summed E-state index contributed by atoms with van der Waals surface area (Å²) in [4.78, 5) is 32.4. The topological polar surface area (TPSA) is 115 Å². The summed E-state index contributed by atoms with van der Waals surface area (Å²) in [5.74, 6) is -0.405. The van der Waals surface area contributed by atoms with E-state index in [9.17, 15) is 13.8 Å². The minimum absolute atomic E-state index is 0.0101. The third kappa shape index (κ3) is 10.2. The van der Waals surface area contributed by atoms with E-state index in [1.807, 2.05) is 36.7 Å². The molecule has 2 aromatic carbocycles. The quantitative estimate of drug-likeness (QED) is 0.264. The van der Waals surface area contributed by atoms with E-state index in [2.05, 4.69) is 50.9 Å². The Morgan fingerprint density at radius 3 is 2.60 bits per heavy atom. The van der Waals surface area contributed by atoms with Gasteiger partial charge in [-0.25, -0.2) is 4.21 Å². The Morgan fingerprint density at radius 1 is 1.04 bits per heavy atom. The highest BCUT2D eigenvalue weighted by Crippen LogP contribution is 2.35. The van der Waals surface area contributed by atoms with Gasteiger partial charge in [-0.2, -0.15) is 0 Å². The third-order valence-electron chi connectivity index (χ3n) is 11.2. The molecule has 1 unspecified atom stereocenters. The average molecular weight is 794 g/mol. The fraction of sp³-hybridized carbons (Fsp3) is 0.524. The molecule has 1 N–H and O–H groups in total. The van der Waals surface area contributed by atoms with Crippen LogP contribution in [0, 0.1) is 17.8 Å². The number of rotatable bonds is 6. The Bertz CT molecular complexity index is 2000. The lowest BCUT2D eigenvalue weighted by molar-refractivity contribution is -0.0342. The lowest BCUT2D eigenvalue weighted by Gasteiger charge is -2.38. The van der Waals surface area contributed by atoms with Crippen molar-refractivity contribution in [3.63, 3.8) is 0 Å². The van der Waals surface area contributed by atoms with Crippen LogP contribution in [0.2, 0.25) is 5.02 Å². The van der Waals surface area contributed by atoms with Crippen LogP contribution in [0.5, 0.6) is 5.75 Å². The number of carbonyl (C=O) groups is 2. The number of likely N-dealkylation sites (tertiary alicyclic amines) is 1. The van der Waals surface area contributed by atoms with E-state index in [-0.39, 0.29) is 41.3 Å². The zero-order valence-electron chi connectivity index (χ0n) is 33.0. The standard InChI is InChI=1S/C42H56ClN5O6S/c1-28-10-9-12-39(53-6)30(3)29(2)21-48-23-33-13-15-35(43)18-31(33)11-7-8-17-54-40-16-14-32(20-38(40)48)41(49)44-55(51,27-28)45-42(50)34-19-36(46(4)22-34)24-47-25-37(26-47)52-5/h9,12-16,18-20,22,28-30,37,39H,7-8,10-11,17,21,23-27H2,1-6H3,(H,44,45,49,50,51)/b12-9+/t28-,29-,30+,39-,55?/m0/s1. The monoisotopic (exact) mass is 793 g/mol. The molecule has 13 heteroatoms. The summed E-state index contributed by atoms with van der Waals surface area (Å²) >= 11 is 6.48. The predicted molar refractivity (Wildman–Crippen MR) is 218 cm³/mol. The molecule has 2 amide bonds. The molecular formula is C42H56ClN5O6S. The van der Waals surface area contributed by atoms with Gasteiger partial charge in [-0.05, 0) is 91.0 Å². The molecule has 6 rings (SSSR count). The highest BCUT2D eigenvalue weighted by atomic mass is 35.5. The van der Waals surface area contributed by atoms with E-state index in [4.69, 9.17) is 25.8 Å². The number of halogens is 1. The normalized spacial score (nSPS) is 26.5. The number of benzene rings is 2. The Hall–Kier alpha value is -3.68. The highest BCUT2D eigenvalue weighted by Gasteiger charge is 2.29.